The van der Waals surface area contributed by atoms with Gasteiger partial charge in [0.05, 0.1) is 5.92 Å². The zero-order valence-electron chi connectivity index (χ0n) is 30.2. The lowest BCUT2D eigenvalue weighted by atomic mass is 9.93. The quantitative estimate of drug-likeness (QED) is 0.140. The van der Waals surface area contributed by atoms with Crippen LogP contribution in [0.2, 0.25) is 0 Å². The van der Waals surface area contributed by atoms with Crippen LogP contribution in [-0.4, -0.2) is 122 Å². The van der Waals surface area contributed by atoms with Gasteiger partial charge in [0.1, 0.15) is 31.5 Å². The molecule has 53 heavy (non-hydrogen) atoms. The molecule has 0 amide bonds. The van der Waals surface area contributed by atoms with Gasteiger partial charge in [-0.2, -0.15) is 0 Å². The van der Waals surface area contributed by atoms with Crippen LogP contribution in [0.15, 0.2) is 12.2 Å². The molecule has 2 bridgehead atoms. The van der Waals surface area contributed by atoms with Crippen LogP contribution in [0.25, 0.3) is 0 Å². The molecule has 4 unspecified atom stereocenters. The van der Waals surface area contributed by atoms with Crippen LogP contribution < -0.4 is 0 Å². The number of hydrogen-bond acceptors (Lipinski definition) is 19. The van der Waals surface area contributed by atoms with Gasteiger partial charge in [-0.15, -0.1) is 0 Å². The average molecular weight is 757 g/mol. The van der Waals surface area contributed by atoms with E-state index in [0.717, 1.165) is 54.9 Å². The molecule has 4 aliphatic rings. The van der Waals surface area contributed by atoms with Gasteiger partial charge < -0.3 is 52.1 Å². The zero-order chi connectivity index (χ0) is 39.1. The summed E-state index contributed by atoms with van der Waals surface area (Å²) in [5, 5.41) is 0. The first-order valence-corrected chi connectivity index (χ1v) is 16.9. The first-order chi connectivity index (χ1) is 24.9. The highest BCUT2D eigenvalue weighted by atomic mass is 16.8. The third-order valence-electron chi connectivity index (χ3n) is 8.70. The first-order valence-electron chi connectivity index (χ1n) is 16.9. The minimum Gasteiger partial charge on any atom is -0.463 e. The zero-order valence-corrected chi connectivity index (χ0v) is 30.2. The molecule has 1 saturated carbocycles. The number of fused-ring (bicyclic) bond motifs is 2. The molecule has 2 heterocycles. The number of carbonyl (C=O) groups excluding carboxylic acids is 8. The Morgan fingerprint density at radius 1 is 0.491 bits per heavy atom. The van der Waals surface area contributed by atoms with E-state index in [2.05, 4.69) is 0 Å². The van der Waals surface area contributed by atoms with Crippen LogP contribution in [0.4, 0.5) is 0 Å². The fraction of sp³-hybridized carbons (Fsp3) is 0.706. The molecule has 0 spiro atoms. The fourth-order valence-corrected chi connectivity index (χ4v) is 6.82. The summed E-state index contributed by atoms with van der Waals surface area (Å²) < 4.78 is 62.0. The van der Waals surface area contributed by atoms with E-state index in [4.69, 9.17) is 52.1 Å². The van der Waals surface area contributed by atoms with Crippen LogP contribution in [-0.2, 0) is 90.5 Å². The Bertz CT molecular complexity index is 1460. The van der Waals surface area contributed by atoms with E-state index in [1.807, 2.05) is 12.2 Å². The summed E-state index contributed by atoms with van der Waals surface area (Å²) in [5.74, 6) is -7.15. The van der Waals surface area contributed by atoms with Crippen molar-refractivity contribution in [2.45, 2.75) is 123 Å². The molecule has 4 rings (SSSR count). The van der Waals surface area contributed by atoms with E-state index in [1.165, 1.54) is 0 Å². The maximum atomic E-state index is 13.5. The van der Waals surface area contributed by atoms with E-state index in [9.17, 15) is 38.4 Å². The van der Waals surface area contributed by atoms with Crippen LogP contribution in [0, 0.1) is 17.8 Å². The smallest absolute Gasteiger partial charge is 0.312 e. The second-order valence-electron chi connectivity index (χ2n) is 13.0. The van der Waals surface area contributed by atoms with Crippen molar-refractivity contribution < 1.29 is 90.5 Å². The third kappa shape index (κ3) is 11.0. The van der Waals surface area contributed by atoms with Gasteiger partial charge >= 0.3 is 47.8 Å². The van der Waals surface area contributed by atoms with Crippen LogP contribution >= 0.6 is 0 Å². The Morgan fingerprint density at radius 2 is 0.925 bits per heavy atom. The summed E-state index contributed by atoms with van der Waals surface area (Å²) in [6.45, 7) is 6.18. The number of ether oxygens (including phenoxy) is 11. The minimum absolute atomic E-state index is 0.0805. The van der Waals surface area contributed by atoms with Crippen molar-refractivity contribution in [3.05, 3.63) is 12.2 Å². The van der Waals surface area contributed by atoms with E-state index < -0.39 is 128 Å². The highest BCUT2D eigenvalue weighted by Crippen LogP contribution is 2.44. The lowest BCUT2D eigenvalue weighted by Gasteiger charge is -2.48. The fourth-order valence-electron chi connectivity index (χ4n) is 6.82. The van der Waals surface area contributed by atoms with Gasteiger partial charge in [-0.3, -0.25) is 38.4 Å². The normalized spacial score (nSPS) is 34.2. The molecule has 19 nitrogen and oxygen atoms in total. The van der Waals surface area contributed by atoms with E-state index >= 15 is 0 Å². The molecule has 2 aliphatic carbocycles. The van der Waals surface area contributed by atoms with Crippen molar-refractivity contribution in [1.82, 2.24) is 0 Å². The van der Waals surface area contributed by atoms with Gasteiger partial charge in [0.25, 0.3) is 0 Å². The predicted molar refractivity (Wildman–Crippen MR) is 168 cm³/mol. The Labute approximate surface area is 304 Å². The van der Waals surface area contributed by atoms with Crippen molar-refractivity contribution in [3.8, 4) is 0 Å². The van der Waals surface area contributed by atoms with E-state index in [1.54, 1.807) is 0 Å². The summed E-state index contributed by atoms with van der Waals surface area (Å²) in [6.07, 6.45) is -11.1. The standard InChI is InChI=1S/C34H44O19/c1-14(35)43-12-24-26(45-16(3)37)28(46-17(4)38)30(48-19(6)40)33(50-24)52-27-25(13-44-15(2)36)51-34(31(49-20(7)41)29(27)47-18(5)39)53-32(42)23-11-21-8-9-22(23)10-21/h8-9,21-31,33-34H,10-13H2,1-7H3/t21?,22?,23?,24-,25-,26+,27-,28+,29+,30-,31-,33+,34?/m1/s1. The van der Waals surface area contributed by atoms with Crippen molar-refractivity contribution >= 4 is 47.8 Å². The van der Waals surface area contributed by atoms with Crippen LogP contribution in [0.3, 0.4) is 0 Å². The Hall–Kier alpha value is -4.62. The third-order valence-corrected chi connectivity index (χ3v) is 8.70. The summed E-state index contributed by atoms with van der Waals surface area (Å²) in [4.78, 5) is 99.2. The summed E-state index contributed by atoms with van der Waals surface area (Å²) in [6, 6.07) is 0. The van der Waals surface area contributed by atoms with Gasteiger partial charge in [0.15, 0.2) is 30.7 Å². The molecular formula is C34H44O19. The predicted octanol–water partition coefficient (Wildman–Crippen LogP) is 0.362. The van der Waals surface area contributed by atoms with Gasteiger partial charge in [-0.05, 0) is 24.7 Å². The van der Waals surface area contributed by atoms with Crippen molar-refractivity contribution in [2.75, 3.05) is 13.2 Å². The Kier molecular flexibility index (Phi) is 13.9. The minimum atomic E-state index is -1.83. The van der Waals surface area contributed by atoms with Crippen LogP contribution in [0.1, 0.15) is 61.3 Å². The van der Waals surface area contributed by atoms with Gasteiger partial charge in [0.2, 0.25) is 12.4 Å². The van der Waals surface area contributed by atoms with Gasteiger partial charge in [-0.25, -0.2) is 0 Å². The second kappa shape index (κ2) is 17.9. The van der Waals surface area contributed by atoms with E-state index in [0.29, 0.717) is 6.42 Å². The number of esters is 8. The first kappa shape index (κ1) is 41.1. The number of hydrogen-bond donors (Lipinski definition) is 0. The summed E-state index contributed by atoms with van der Waals surface area (Å²) in [7, 11) is 0. The SMILES string of the molecule is CC(=O)OC[C@H]1O[C@@H](O[C@H]2[C@H](OC(C)=O)[C@@H](OC(C)=O)C(OC(=O)C3CC4C=CC3C4)O[C@@H]2COC(C)=O)[C@H](OC(C)=O)[C@@H](OC(C)=O)[C@H]1OC(C)=O. The maximum Gasteiger partial charge on any atom is 0.312 e. The average Bonchev–Trinajstić information content (AvgIpc) is 3.68. The second-order valence-corrected chi connectivity index (χ2v) is 13.0. The van der Waals surface area contributed by atoms with Crippen molar-refractivity contribution in [2.24, 2.45) is 17.8 Å². The van der Waals surface area contributed by atoms with Crippen LogP contribution in [0.5, 0.6) is 0 Å². The molecule has 3 fully saturated rings. The molecular weight excluding hydrogens is 712 g/mol. The monoisotopic (exact) mass is 756 g/mol. The molecule has 0 aromatic carbocycles. The molecule has 0 aromatic rings. The lowest BCUT2D eigenvalue weighted by Crippen LogP contribution is -2.67. The molecule has 294 valence electrons. The number of carbonyl (C=O) groups is 8. The van der Waals surface area contributed by atoms with Gasteiger partial charge in [0, 0.05) is 48.5 Å². The molecule has 0 aromatic heterocycles. The summed E-state index contributed by atoms with van der Waals surface area (Å²) in [5.41, 5.74) is 0. The Balaban J connectivity index is 1.77. The highest BCUT2D eigenvalue weighted by Gasteiger charge is 2.58. The number of allylic oxidation sites excluding steroid dienone is 2. The van der Waals surface area contributed by atoms with Crippen molar-refractivity contribution in [1.29, 1.82) is 0 Å². The number of rotatable bonds is 13. The topological polar surface area (TPSA) is 238 Å². The van der Waals surface area contributed by atoms with E-state index in [-0.39, 0.29) is 11.8 Å². The van der Waals surface area contributed by atoms with Crippen molar-refractivity contribution in [3.63, 3.8) is 0 Å². The maximum absolute atomic E-state index is 13.5. The largest absolute Gasteiger partial charge is 0.463 e. The van der Waals surface area contributed by atoms with Gasteiger partial charge in [-0.1, -0.05) is 12.2 Å². The molecule has 13 atom stereocenters. The molecule has 2 saturated heterocycles. The highest BCUT2D eigenvalue weighted by molar-refractivity contribution is 5.74. The Morgan fingerprint density at radius 3 is 1.38 bits per heavy atom. The molecule has 0 N–H and O–H groups in total. The summed E-state index contributed by atoms with van der Waals surface area (Å²) >= 11 is 0. The lowest BCUT2D eigenvalue weighted by molar-refractivity contribution is -0.358. The molecule has 2 aliphatic heterocycles. The molecule has 0 radical (unpaired) electrons. The molecule has 19 heteroatoms.